The SMILES string of the molecule is CC[NH+](CC(=O)Nc1ccccc1C(=O)Nc1ccccc1)Cc1nc2ccccc2c(=O)[nH]1. The molecule has 4 aromatic rings. The summed E-state index contributed by atoms with van der Waals surface area (Å²) in [5, 5.41) is 6.23. The number of anilines is 2. The second-order valence-electron chi connectivity index (χ2n) is 7.90. The van der Waals surface area contributed by atoms with Gasteiger partial charge in [-0.3, -0.25) is 14.4 Å². The number of amides is 2. The summed E-state index contributed by atoms with van der Waals surface area (Å²) in [6.45, 7) is 3.16. The van der Waals surface area contributed by atoms with Crippen molar-refractivity contribution in [3.8, 4) is 0 Å². The Morgan fingerprint density at radius 2 is 1.62 bits per heavy atom. The van der Waals surface area contributed by atoms with Crippen LogP contribution in [0.15, 0.2) is 83.7 Å². The van der Waals surface area contributed by atoms with Crippen LogP contribution in [0.25, 0.3) is 10.9 Å². The maximum Gasteiger partial charge on any atom is 0.279 e. The number of nitrogens with one attached hydrogen (secondary N) is 4. The van der Waals surface area contributed by atoms with E-state index in [0.29, 0.717) is 46.8 Å². The topological polar surface area (TPSA) is 108 Å². The van der Waals surface area contributed by atoms with Crippen molar-refractivity contribution in [3.05, 3.63) is 101 Å². The summed E-state index contributed by atoms with van der Waals surface area (Å²) in [6, 6.07) is 23.2. The van der Waals surface area contributed by atoms with Crippen LogP contribution < -0.4 is 21.1 Å². The van der Waals surface area contributed by atoms with Gasteiger partial charge in [0.2, 0.25) is 0 Å². The molecule has 1 aromatic heterocycles. The molecule has 1 atom stereocenters. The predicted molar refractivity (Wildman–Crippen MR) is 132 cm³/mol. The normalized spacial score (nSPS) is 11.7. The van der Waals surface area contributed by atoms with Crippen LogP contribution in [0.1, 0.15) is 23.1 Å². The average molecular weight is 457 g/mol. The fourth-order valence-electron chi connectivity index (χ4n) is 3.70. The van der Waals surface area contributed by atoms with Crippen molar-refractivity contribution in [2.75, 3.05) is 23.7 Å². The molecule has 0 aliphatic rings. The lowest BCUT2D eigenvalue weighted by Crippen LogP contribution is -3.11. The summed E-state index contributed by atoms with van der Waals surface area (Å²) in [7, 11) is 0. The Labute approximate surface area is 196 Å². The zero-order valence-electron chi connectivity index (χ0n) is 18.8. The van der Waals surface area contributed by atoms with Crippen LogP contribution in [0.5, 0.6) is 0 Å². The lowest BCUT2D eigenvalue weighted by molar-refractivity contribution is -0.904. The molecule has 34 heavy (non-hydrogen) atoms. The number of likely N-dealkylation sites (N-methyl/N-ethyl adjacent to an activating group) is 1. The summed E-state index contributed by atoms with van der Waals surface area (Å²) >= 11 is 0. The maximum atomic E-state index is 12.8. The molecule has 0 saturated carbocycles. The van der Waals surface area contributed by atoms with E-state index in [9.17, 15) is 14.4 Å². The van der Waals surface area contributed by atoms with Crippen molar-refractivity contribution >= 4 is 34.1 Å². The molecule has 172 valence electrons. The minimum atomic E-state index is -0.306. The van der Waals surface area contributed by atoms with E-state index >= 15 is 0 Å². The zero-order chi connectivity index (χ0) is 23.9. The highest BCUT2D eigenvalue weighted by Crippen LogP contribution is 2.17. The van der Waals surface area contributed by atoms with Crippen LogP contribution in [0.2, 0.25) is 0 Å². The molecule has 4 N–H and O–H groups in total. The van der Waals surface area contributed by atoms with Gasteiger partial charge in [-0.1, -0.05) is 42.5 Å². The van der Waals surface area contributed by atoms with Gasteiger partial charge < -0.3 is 20.5 Å². The minimum absolute atomic E-state index is 0.154. The third-order valence-corrected chi connectivity index (χ3v) is 5.47. The van der Waals surface area contributed by atoms with Gasteiger partial charge in [0.1, 0.15) is 6.54 Å². The van der Waals surface area contributed by atoms with Crippen molar-refractivity contribution in [1.29, 1.82) is 0 Å². The summed E-state index contributed by atoms with van der Waals surface area (Å²) in [5.74, 6) is -0.0179. The smallest absolute Gasteiger partial charge is 0.279 e. The molecular formula is C26H26N5O3+. The fourth-order valence-corrected chi connectivity index (χ4v) is 3.70. The number of H-pyrrole nitrogens is 1. The summed E-state index contributed by atoms with van der Waals surface area (Å²) in [4.78, 5) is 46.2. The number of carbonyl (C=O) groups excluding carboxylic acids is 2. The van der Waals surface area contributed by atoms with E-state index in [0.717, 1.165) is 4.90 Å². The first-order chi connectivity index (χ1) is 16.5. The van der Waals surface area contributed by atoms with Gasteiger partial charge in [0, 0.05) is 5.69 Å². The quantitative estimate of drug-likeness (QED) is 0.326. The van der Waals surface area contributed by atoms with Crippen molar-refractivity contribution in [2.24, 2.45) is 0 Å². The van der Waals surface area contributed by atoms with Gasteiger partial charge in [-0.25, -0.2) is 4.98 Å². The Bertz CT molecular complexity index is 1370. The van der Waals surface area contributed by atoms with Crippen LogP contribution in [-0.2, 0) is 11.3 Å². The van der Waals surface area contributed by atoms with Crippen molar-refractivity contribution in [3.63, 3.8) is 0 Å². The Hall–Kier alpha value is -4.30. The number of aromatic nitrogens is 2. The number of aromatic amines is 1. The molecule has 0 spiro atoms. The Kier molecular flexibility index (Phi) is 7.10. The van der Waals surface area contributed by atoms with E-state index in [1.807, 2.05) is 31.2 Å². The van der Waals surface area contributed by atoms with E-state index in [-0.39, 0.29) is 23.9 Å². The van der Waals surface area contributed by atoms with Crippen molar-refractivity contribution in [1.82, 2.24) is 9.97 Å². The number of rotatable bonds is 8. The minimum Gasteiger partial charge on any atom is -0.322 e. The number of para-hydroxylation sites is 3. The number of benzene rings is 3. The second-order valence-corrected chi connectivity index (χ2v) is 7.90. The summed E-state index contributed by atoms with van der Waals surface area (Å²) in [6.07, 6.45) is 0. The monoisotopic (exact) mass is 456 g/mol. The fraction of sp³-hybridized carbons (Fsp3) is 0.154. The lowest BCUT2D eigenvalue weighted by Gasteiger charge is -2.17. The third kappa shape index (κ3) is 5.54. The van der Waals surface area contributed by atoms with Crippen LogP contribution >= 0.6 is 0 Å². The number of hydrogen-bond acceptors (Lipinski definition) is 4. The summed E-state index contributed by atoms with van der Waals surface area (Å²) in [5.41, 5.74) is 1.91. The first-order valence-corrected chi connectivity index (χ1v) is 11.1. The molecule has 3 aromatic carbocycles. The average Bonchev–Trinajstić information content (AvgIpc) is 2.84. The van der Waals surface area contributed by atoms with Gasteiger partial charge in [0.05, 0.1) is 28.7 Å². The Balaban J connectivity index is 1.44. The van der Waals surface area contributed by atoms with Gasteiger partial charge in [0.15, 0.2) is 12.4 Å². The molecule has 8 heteroatoms. The number of carbonyl (C=O) groups is 2. The standard InChI is InChI=1S/C26H25N5O3/c1-2-31(16-23-28-21-14-8-6-12-19(21)26(34)30-23)17-24(32)29-22-15-9-7-13-20(22)25(33)27-18-10-4-3-5-11-18/h3-15H,2,16-17H2,1H3,(H,27,33)(H,29,32)(H,28,30,34)/p+1. The third-order valence-electron chi connectivity index (χ3n) is 5.47. The van der Waals surface area contributed by atoms with Crippen LogP contribution in [0.3, 0.4) is 0 Å². The van der Waals surface area contributed by atoms with E-state index in [2.05, 4.69) is 20.6 Å². The van der Waals surface area contributed by atoms with Gasteiger partial charge in [-0.05, 0) is 43.3 Å². The molecule has 0 aliphatic heterocycles. The van der Waals surface area contributed by atoms with Crippen molar-refractivity contribution in [2.45, 2.75) is 13.5 Å². The van der Waals surface area contributed by atoms with Crippen LogP contribution in [0.4, 0.5) is 11.4 Å². The number of quaternary nitrogens is 1. The van der Waals surface area contributed by atoms with Crippen LogP contribution in [0, 0.1) is 0 Å². The lowest BCUT2D eigenvalue weighted by atomic mass is 10.1. The van der Waals surface area contributed by atoms with E-state index in [1.54, 1.807) is 54.6 Å². The zero-order valence-corrected chi connectivity index (χ0v) is 18.8. The largest absolute Gasteiger partial charge is 0.322 e. The van der Waals surface area contributed by atoms with Crippen LogP contribution in [-0.4, -0.2) is 34.9 Å². The molecule has 2 amide bonds. The van der Waals surface area contributed by atoms with E-state index < -0.39 is 0 Å². The maximum absolute atomic E-state index is 12.8. The highest BCUT2D eigenvalue weighted by molar-refractivity contribution is 6.10. The molecule has 1 unspecified atom stereocenters. The molecule has 0 saturated heterocycles. The highest BCUT2D eigenvalue weighted by atomic mass is 16.2. The van der Waals surface area contributed by atoms with E-state index in [1.165, 1.54) is 0 Å². The number of nitrogens with zero attached hydrogens (tertiary/aromatic N) is 1. The summed E-state index contributed by atoms with van der Waals surface area (Å²) < 4.78 is 0. The molecule has 8 nitrogen and oxygen atoms in total. The van der Waals surface area contributed by atoms with Gasteiger partial charge in [0.25, 0.3) is 17.4 Å². The molecule has 0 aliphatic carbocycles. The molecule has 0 fully saturated rings. The Morgan fingerprint density at radius 3 is 2.41 bits per heavy atom. The first kappa shape index (κ1) is 22.9. The van der Waals surface area contributed by atoms with Gasteiger partial charge >= 0.3 is 0 Å². The highest BCUT2D eigenvalue weighted by Gasteiger charge is 2.18. The number of fused-ring (bicyclic) bond motifs is 1. The predicted octanol–water partition coefficient (Wildman–Crippen LogP) is 2.22. The molecule has 4 rings (SSSR count). The molecular weight excluding hydrogens is 430 g/mol. The number of hydrogen-bond donors (Lipinski definition) is 4. The molecule has 0 radical (unpaired) electrons. The molecule has 0 bridgehead atoms. The van der Waals surface area contributed by atoms with Gasteiger partial charge in [-0.15, -0.1) is 0 Å². The first-order valence-electron chi connectivity index (χ1n) is 11.1. The van der Waals surface area contributed by atoms with E-state index in [4.69, 9.17) is 0 Å². The molecule has 1 heterocycles. The Morgan fingerprint density at radius 1 is 0.912 bits per heavy atom. The van der Waals surface area contributed by atoms with Gasteiger partial charge in [-0.2, -0.15) is 0 Å². The second kappa shape index (κ2) is 10.5. The van der Waals surface area contributed by atoms with Crippen molar-refractivity contribution < 1.29 is 14.5 Å².